The average molecular weight is 308 g/mol. The van der Waals surface area contributed by atoms with Crippen molar-refractivity contribution < 1.29 is 26.7 Å². The van der Waals surface area contributed by atoms with E-state index in [1.165, 1.54) is 20.2 Å². The predicted molar refractivity (Wildman–Crippen MR) is 65.8 cm³/mol. The molecule has 1 rings (SSSR count). The molecule has 0 aromatic rings. The molecule has 2 atom stereocenters. The number of sulfonamides is 1. The van der Waals surface area contributed by atoms with Crippen molar-refractivity contribution in [2.45, 2.75) is 12.4 Å². The van der Waals surface area contributed by atoms with Crippen LogP contribution in [0.1, 0.15) is 0 Å². The molecule has 6 nitrogen and oxygen atoms in total. The third kappa shape index (κ3) is 2.88. The molecular formula is C11H14F2N2O4S. The van der Waals surface area contributed by atoms with Crippen molar-refractivity contribution >= 4 is 10.0 Å². The lowest BCUT2D eigenvalue weighted by atomic mass is 9.94. The lowest BCUT2D eigenvalue weighted by Crippen LogP contribution is -2.46. The Labute approximate surface area is 115 Å². The first-order chi connectivity index (χ1) is 9.21. The van der Waals surface area contributed by atoms with E-state index >= 15 is 0 Å². The summed E-state index contributed by atoms with van der Waals surface area (Å²) >= 11 is 0. The van der Waals surface area contributed by atoms with Gasteiger partial charge in [0, 0.05) is 21.2 Å². The summed E-state index contributed by atoms with van der Waals surface area (Å²) in [6, 6.07) is 1.65. The van der Waals surface area contributed by atoms with Crippen molar-refractivity contribution in [3.05, 3.63) is 23.1 Å². The summed E-state index contributed by atoms with van der Waals surface area (Å²) in [5.41, 5.74) is 0. The zero-order chi connectivity index (χ0) is 15.6. The highest BCUT2D eigenvalue weighted by Gasteiger charge is 2.48. The molecule has 112 valence electrons. The first kappa shape index (κ1) is 16.7. The van der Waals surface area contributed by atoms with Crippen molar-refractivity contribution in [2.75, 3.05) is 21.2 Å². The van der Waals surface area contributed by atoms with Gasteiger partial charge in [0.25, 0.3) is 0 Å². The van der Waals surface area contributed by atoms with Gasteiger partial charge >= 0.3 is 6.61 Å². The molecule has 0 fully saturated rings. The fraction of sp³-hybridized carbons (Fsp3) is 0.545. The van der Waals surface area contributed by atoms with Crippen molar-refractivity contribution in [1.82, 2.24) is 4.31 Å². The van der Waals surface area contributed by atoms with E-state index < -0.39 is 28.3 Å². The molecule has 0 saturated heterocycles. The quantitative estimate of drug-likeness (QED) is 0.709. The van der Waals surface area contributed by atoms with E-state index in [4.69, 9.17) is 4.74 Å². The van der Waals surface area contributed by atoms with Gasteiger partial charge in [0.1, 0.15) is 5.92 Å². The summed E-state index contributed by atoms with van der Waals surface area (Å²) in [6.07, 6.45) is 3.45. The van der Waals surface area contributed by atoms with E-state index in [0.29, 0.717) is 0 Å². The number of nitriles is 1. The Hall–Kier alpha value is -1.34. The topological polar surface area (TPSA) is 79.6 Å². The SMILES string of the molecule is COC1(OC(F)F)C=CC=C(S(=O)(=O)N(C)C)C1C#N. The minimum atomic E-state index is -3.96. The Morgan fingerprint density at radius 3 is 2.50 bits per heavy atom. The van der Waals surface area contributed by atoms with Crippen molar-refractivity contribution in [1.29, 1.82) is 5.26 Å². The lowest BCUT2D eigenvalue weighted by Gasteiger charge is -2.35. The summed E-state index contributed by atoms with van der Waals surface area (Å²) in [5, 5.41) is 9.17. The van der Waals surface area contributed by atoms with Crippen molar-refractivity contribution in [2.24, 2.45) is 5.92 Å². The van der Waals surface area contributed by atoms with Gasteiger partial charge in [-0.25, -0.2) is 12.7 Å². The molecule has 0 aromatic heterocycles. The summed E-state index contributed by atoms with van der Waals surface area (Å²) in [7, 11) is -0.366. The summed E-state index contributed by atoms with van der Waals surface area (Å²) in [5.74, 6) is -3.69. The van der Waals surface area contributed by atoms with Crippen molar-refractivity contribution in [3.63, 3.8) is 0 Å². The molecule has 20 heavy (non-hydrogen) atoms. The molecule has 0 aliphatic heterocycles. The third-order valence-electron chi connectivity index (χ3n) is 2.78. The Kier molecular flexibility index (Phi) is 4.99. The van der Waals surface area contributed by atoms with Gasteiger partial charge in [-0.15, -0.1) is 0 Å². The molecule has 9 heteroatoms. The zero-order valence-corrected chi connectivity index (χ0v) is 11.9. The van der Waals surface area contributed by atoms with Crippen LogP contribution in [0.15, 0.2) is 23.1 Å². The molecule has 0 bridgehead atoms. The van der Waals surface area contributed by atoms with E-state index in [2.05, 4.69) is 4.74 Å². The van der Waals surface area contributed by atoms with Crippen LogP contribution in [0.2, 0.25) is 0 Å². The van der Waals surface area contributed by atoms with Crippen LogP contribution in [0.3, 0.4) is 0 Å². The first-order valence-electron chi connectivity index (χ1n) is 5.44. The molecule has 0 amide bonds. The highest BCUT2D eigenvalue weighted by molar-refractivity contribution is 7.93. The number of ether oxygens (including phenoxy) is 2. The maximum Gasteiger partial charge on any atom is 0.347 e. The van der Waals surface area contributed by atoms with Gasteiger partial charge < -0.3 is 4.74 Å². The molecular weight excluding hydrogens is 294 g/mol. The first-order valence-corrected chi connectivity index (χ1v) is 6.88. The Morgan fingerprint density at radius 1 is 1.50 bits per heavy atom. The zero-order valence-electron chi connectivity index (χ0n) is 11.1. The highest BCUT2D eigenvalue weighted by atomic mass is 32.2. The second kappa shape index (κ2) is 5.97. The Bertz CT molecular complexity index is 565. The van der Waals surface area contributed by atoms with Gasteiger partial charge in [0.2, 0.25) is 15.8 Å². The van der Waals surface area contributed by atoms with Gasteiger partial charge in [-0.3, -0.25) is 4.74 Å². The van der Waals surface area contributed by atoms with Gasteiger partial charge in [0.15, 0.2) is 0 Å². The van der Waals surface area contributed by atoms with Crippen LogP contribution in [0.4, 0.5) is 8.78 Å². The second-order valence-electron chi connectivity index (χ2n) is 4.08. The summed E-state index contributed by atoms with van der Waals surface area (Å²) in [4.78, 5) is -0.366. The second-order valence-corrected chi connectivity index (χ2v) is 6.23. The Balaban J connectivity index is 3.36. The summed E-state index contributed by atoms with van der Waals surface area (Å²) in [6.45, 7) is -3.23. The smallest absolute Gasteiger partial charge is 0.347 e. The van der Waals surface area contributed by atoms with E-state index in [1.54, 1.807) is 6.07 Å². The molecule has 1 aliphatic carbocycles. The number of allylic oxidation sites excluding steroid dienone is 2. The van der Waals surface area contributed by atoms with E-state index in [0.717, 1.165) is 23.6 Å². The standard InChI is InChI=1S/C11H14F2N2O4S/c1-15(2)20(16,17)9-5-4-6-11(18-3,8(9)7-14)19-10(12)13/h4-6,8,10H,1-3H3. The third-order valence-corrected chi connectivity index (χ3v) is 4.70. The van der Waals surface area contributed by atoms with Gasteiger partial charge in [-0.1, -0.05) is 6.08 Å². The van der Waals surface area contributed by atoms with E-state index in [-0.39, 0.29) is 4.91 Å². The lowest BCUT2D eigenvalue weighted by molar-refractivity contribution is -0.290. The van der Waals surface area contributed by atoms with Crippen LogP contribution in [-0.4, -0.2) is 46.3 Å². The maximum atomic E-state index is 12.5. The molecule has 0 N–H and O–H groups in total. The fourth-order valence-electron chi connectivity index (χ4n) is 1.75. The number of hydrogen-bond acceptors (Lipinski definition) is 5. The fourth-order valence-corrected chi connectivity index (χ4v) is 2.93. The van der Waals surface area contributed by atoms with Crippen LogP contribution in [0.5, 0.6) is 0 Å². The largest absolute Gasteiger partial charge is 0.348 e. The monoisotopic (exact) mass is 308 g/mol. The number of halogens is 2. The molecule has 2 unspecified atom stereocenters. The maximum absolute atomic E-state index is 12.5. The van der Waals surface area contributed by atoms with Gasteiger partial charge in [-0.05, 0) is 12.2 Å². The Morgan fingerprint density at radius 2 is 2.10 bits per heavy atom. The van der Waals surface area contributed by atoms with Crippen LogP contribution in [0, 0.1) is 17.2 Å². The summed E-state index contributed by atoms with van der Waals surface area (Å²) < 4.78 is 59.4. The molecule has 0 saturated carbocycles. The molecule has 0 heterocycles. The van der Waals surface area contributed by atoms with Crippen molar-refractivity contribution in [3.8, 4) is 6.07 Å². The van der Waals surface area contributed by atoms with E-state index in [1.807, 2.05) is 0 Å². The molecule has 0 radical (unpaired) electrons. The predicted octanol–water partition coefficient (Wildman–Crippen LogP) is 1.05. The molecule has 0 spiro atoms. The van der Waals surface area contributed by atoms with Gasteiger partial charge in [-0.2, -0.15) is 14.0 Å². The number of nitrogens with zero attached hydrogens (tertiary/aromatic N) is 2. The number of methoxy groups -OCH3 is 1. The van der Waals surface area contributed by atoms with Gasteiger partial charge in [0.05, 0.1) is 11.0 Å². The van der Waals surface area contributed by atoms with E-state index in [9.17, 15) is 22.5 Å². The number of hydrogen-bond donors (Lipinski definition) is 0. The highest BCUT2D eigenvalue weighted by Crippen LogP contribution is 2.38. The minimum Gasteiger partial charge on any atom is -0.348 e. The van der Waals surface area contributed by atoms with Crippen LogP contribution in [0.25, 0.3) is 0 Å². The average Bonchev–Trinajstić information content (AvgIpc) is 2.37. The minimum absolute atomic E-state index is 0.366. The normalized spacial score (nSPS) is 26.7. The van der Waals surface area contributed by atoms with Crippen LogP contribution in [-0.2, 0) is 19.5 Å². The molecule has 0 aromatic carbocycles. The number of rotatable bonds is 5. The van der Waals surface area contributed by atoms with Crippen LogP contribution >= 0.6 is 0 Å². The number of alkyl halides is 2. The molecule has 1 aliphatic rings. The van der Waals surface area contributed by atoms with Crippen LogP contribution < -0.4 is 0 Å².